The molecular formula is C33H34F3N5O2S. The maximum Gasteiger partial charge on any atom is 0.416 e. The van der Waals surface area contributed by atoms with Gasteiger partial charge in [0.05, 0.1) is 36.1 Å². The number of aryl methyl sites for hydroxylation is 1. The third-order valence-electron chi connectivity index (χ3n) is 7.71. The highest BCUT2D eigenvalue weighted by molar-refractivity contribution is 7.80. The normalized spacial score (nSPS) is 17.0. The van der Waals surface area contributed by atoms with Crippen molar-refractivity contribution in [3.63, 3.8) is 0 Å². The molecule has 0 spiro atoms. The van der Waals surface area contributed by atoms with Crippen LogP contribution in [0, 0.1) is 19.3 Å². The smallest absolute Gasteiger partial charge is 0.416 e. The van der Waals surface area contributed by atoms with E-state index in [1.165, 1.54) is 13.2 Å². The minimum absolute atomic E-state index is 0.156. The van der Waals surface area contributed by atoms with E-state index < -0.39 is 23.2 Å². The summed E-state index contributed by atoms with van der Waals surface area (Å²) in [6.45, 7) is 9.25. The summed E-state index contributed by atoms with van der Waals surface area (Å²) in [6, 6.07) is 17.6. The number of carbonyl (C=O) groups excluding carboxylic acids is 1. The zero-order valence-corrected chi connectivity index (χ0v) is 26.1. The van der Waals surface area contributed by atoms with Crippen LogP contribution in [0.3, 0.4) is 0 Å². The highest BCUT2D eigenvalue weighted by Crippen LogP contribution is 2.45. The lowest BCUT2D eigenvalue weighted by Crippen LogP contribution is -2.30. The van der Waals surface area contributed by atoms with Crippen LogP contribution in [-0.4, -0.2) is 27.7 Å². The summed E-state index contributed by atoms with van der Waals surface area (Å²) in [4.78, 5) is 19.3. The minimum atomic E-state index is -4.46. The maximum atomic E-state index is 13.6. The van der Waals surface area contributed by atoms with Crippen LogP contribution in [0.15, 0.2) is 72.9 Å². The number of aromatic nitrogens is 2. The standard InChI is InChI=1S/C33H34F3N5O2S/c1-19-16-24(20(2)40(19)22-11-9-10-21(17-22)33(34,35)36)29-28(26-12-7-8-15-37-26)39-31(44)41(29)23-13-14-25(27(18-23)43-6)38-30(42)32(3,4)5/h7-18,28-29H,1-6H3,(H,38,42)(H,39,44)/t28-,29+/m1/s1. The van der Waals surface area contributed by atoms with Crippen LogP contribution in [0.5, 0.6) is 5.75 Å². The summed E-state index contributed by atoms with van der Waals surface area (Å²) in [5.41, 5.74) is 3.49. The Balaban J connectivity index is 1.63. The molecule has 2 atom stereocenters. The molecule has 0 unspecified atom stereocenters. The SMILES string of the molecule is COc1cc(N2C(=S)N[C@H](c3ccccn3)[C@@H]2c2cc(C)n(-c3cccc(C(F)(F)F)c3)c2C)ccc1NC(=O)C(C)(C)C. The molecule has 0 saturated carbocycles. The van der Waals surface area contributed by atoms with Crippen molar-refractivity contribution in [1.29, 1.82) is 0 Å². The quantitative estimate of drug-likeness (QED) is 0.215. The second-order valence-corrected chi connectivity index (χ2v) is 12.2. The molecule has 11 heteroatoms. The second-order valence-electron chi connectivity index (χ2n) is 11.8. The molecule has 0 bridgehead atoms. The molecule has 0 radical (unpaired) electrons. The van der Waals surface area contributed by atoms with Gasteiger partial charge in [-0.1, -0.05) is 32.9 Å². The van der Waals surface area contributed by atoms with Gasteiger partial charge >= 0.3 is 6.18 Å². The molecule has 3 heterocycles. The molecule has 0 aliphatic carbocycles. The number of halogens is 3. The largest absolute Gasteiger partial charge is 0.494 e. The first kappa shape index (κ1) is 31.1. The molecule has 230 valence electrons. The minimum Gasteiger partial charge on any atom is -0.494 e. The fourth-order valence-corrected chi connectivity index (χ4v) is 5.84. The molecule has 2 aromatic carbocycles. The lowest BCUT2D eigenvalue weighted by atomic mass is 9.95. The van der Waals surface area contributed by atoms with Crippen molar-refractivity contribution in [1.82, 2.24) is 14.9 Å². The van der Waals surface area contributed by atoms with E-state index in [-0.39, 0.29) is 11.9 Å². The number of alkyl halides is 3. The predicted molar refractivity (Wildman–Crippen MR) is 169 cm³/mol. The number of anilines is 2. The van der Waals surface area contributed by atoms with E-state index in [4.69, 9.17) is 17.0 Å². The molecule has 4 aromatic rings. The molecule has 2 N–H and O–H groups in total. The Hall–Kier alpha value is -4.38. The van der Waals surface area contributed by atoms with Crippen LogP contribution in [-0.2, 0) is 11.0 Å². The molecular weight excluding hydrogens is 587 g/mol. The number of carbonyl (C=O) groups is 1. The number of amides is 1. The number of rotatable bonds is 6. The topological polar surface area (TPSA) is 71.4 Å². The van der Waals surface area contributed by atoms with Crippen molar-refractivity contribution in [3.8, 4) is 11.4 Å². The Morgan fingerprint density at radius 1 is 1.00 bits per heavy atom. The average molecular weight is 622 g/mol. The van der Waals surface area contributed by atoms with Crippen molar-refractivity contribution in [2.45, 2.75) is 52.9 Å². The van der Waals surface area contributed by atoms with Crippen molar-refractivity contribution in [2.24, 2.45) is 5.41 Å². The lowest BCUT2D eigenvalue weighted by Gasteiger charge is -2.29. The van der Waals surface area contributed by atoms with Crippen LogP contribution < -0.4 is 20.3 Å². The Morgan fingerprint density at radius 2 is 1.75 bits per heavy atom. The van der Waals surface area contributed by atoms with Crippen LogP contribution in [0.25, 0.3) is 5.69 Å². The number of pyridine rings is 1. The number of hydrogen-bond donors (Lipinski definition) is 2. The van der Waals surface area contributed by atoms with Crippen molar-refractivity contribution in [2.75, 3.05) is 17.3 Å². The monoisotopic (exact) mass is 621 g/mol. The molecule has 1 saturated heterocycles. The van der Waals surface area contributed by atoms with E-state index in [2.05, 4.69) is 15.6 Å². The highest BCUT2D eigenvalue weighted by Gasteiger charge is 2.42. The zero-order valence-electron chi connectivity index (χ0n) is 25.3. The van der Waals surface area contributed by atoms with Gasteiger partial charge in [-0.2, -0.15) is 13.2 Å². The maximum absolute atomic E-state index is 13.6. The fraction of sp³-hybridized carbons (Fsp3) is 0.303. The second kappa shape index (κ2) is 11.6. The average Bonchev–Trinajstić information content (AvgIpc) is 3.47. The van der Waals surface area contributed by atoms with Gasteiger partial charge < -0.3 is 24.8 Å². The van der Waals surface area contributed by atoms with Crippen molar-refractivity contribution in [3.05, 3.63) is 101 Å². The van der Waals surface area contributed by atoms with Gasteiger partial charge in [0.1, 0.15) is 5.75 Å². The predicted octanol–water partition coefficient (Wildman–Crippen LogP) is 7.68. The number of thiocarbonyl (C=S) groups is 1. The van der Waals surface area contributed by atoms with Gasteiger partial charge in [-0.05, 0) is 80.2 Å². The molecule has 44 heavy (non-hydrogen) atoms. The number of methoxy groups -OCH3 is 1. The molecule has 1 fully saturated rings. The fourth-order valence-electron chi connectivity index (χ4n) is 5.50. The van der Waals surface area contributed by atoms with E-state index in [0.29, 0.717) is 27.9 Å². The number of hydrogen-bond acceptors (Lipinski definition) is 4. The van der Waals surface area contributed by atoms with Gasteiger partial charge in [0.25, 0.3) is 0 Å². The first-order valence-electron chi connectivity index (χ1n) is 14.1. The van der Waals surface area contributed by atoms with Gasteiger partial charge in [-0.15, -0.1) is 0 Å². The third kappa shape index (κ3) is 5.88. The summed E-state index contributed by atoms with van der Waals surface area (Å²) < 4.78 is 48.3. The van der Waals surface area contributed by atoms with Gasteiger partial charge in [0.15, 0.2) is 5.11 Å². The number of ether oxygens (including phenoxy) is 1. The van der Waals surface area contributed by atoms with E-state index in [1.54, 1.807) is 18.3 Å². The number of nitrogens with zero attached hydrogens (tertiary/aromatic N) is 3. The molecule has 1 amide bonds. The van der Waals surface area contributed by atoms with Gasteiger partial charge in [0.2, 0.25) is 5.91 Å². The van der Waals surface area contributed by atoms with Crippen LogP contribution in [0.4, 0.5) is 24.5 Å². The van der Waals surface area contributed by atoms with Gasteiger partial charge in [-0.3, -0.25) is 9.78 Å². The number of benzene rings is 2. The summed E-state index contributed by atoms with van der Waals surface area (Å²) in [5.74, 6) is 0.300. The zero-order chi connectivity index (χ0) is 32.0. The summed E-state index contributed by atoms with van der Waals surface area (Å²) in [6.07, 6.45) is -2.75. The van der Waals surface area contributed by atoms with E-state index in [9.17, 15) is 18.0 Å². The first-order chi connectivity index (χ1) is 20.7. The third-order valence-corrected chi connectivity index (χ3v) is 8.03. The van der Waals surface area contributed by atoms with E-state index in [1.807, 2.05) is 80.5 Å². The van der Waals surface area contributed by atoms with Gasteiger partial charge in [0, 0.05) is 40.4 Å². The summed E-state index contributed by atoms with van der Waals surface area (Å²) in [7, 11) is 1.53. The Labute approximate surface area is 260 Å². The van der Waals surface area contributed by atoms with Crippen LogP contribution >= 0.6 is 12.2 Å². The molecule has 5 rings (SSSR count). The van der Waals surface area contributed by atoms with Crippen LogP contribution in [0.1, 0.15) is 61.1 Å². The molecule has 1 aliphatic rings. The molecule has 7 nitrogen and oxygen atoms in total. The van der Waals surface area contributed by atoms with E-state index >= 15 is 0 Å². The van der Waals surface area contributed by atoms with E-state index in [0.717, 1.165) is 34.8 Å². The molecule has 1 aliphatic heterocycles. The van der Waals surface area contributed by atoms with Gasteiger partial charge in [-0.25, -0.2) is 0 Å². The van der Waals surface area contributed by atoms with Crippen molar-refractivity contribution < 1.29 is 22.7 Å². The first-order valence-corrected chi connectivity index (χ1v) is 14.5. The lowest BCUT2D eigenvalue weighted by molar-refractivity contribution is -0.137. The Kier molecular flexibility index (Phi) is 8.19. The van der Waals surface area contributed by atoms with Crippen LogP contribution in [0.2, 0.25) is 0 Å². The Morgan fingerprint density at radius 3 is 2.39 bits per heavy atom. The van der Waals surface area contributed by atoms with Crippen molar-refractivity contribution >= 4 is 34.6 Å². The summed E-state index contributed by atoms with van der Waals surface area (Å²) >= 11 is 5.89. The summed E-state index contributed by atoms with van der Waals surface area (Å²) in [5, 5.41) is 6.81. The highest BCUT2D eigenvalue weighted by atomic mass is 32.1. The Bertz CT molecular complexity index is 1710. The number of nitrogens with one attached hydrogen (secondary N) is 2. The molecule has 2 aromatic heterocycles.